The van der Waals surface area contributed by atoms with Gasteiger partial charge in [0.1, 0.15) is 12.4 Å². The van der Waals surface area contributed by atoms with Crippen LogP contribution in [0.3, 0.4) is 0 Å². The third-order valence-electron chi connectivity index (χ3n) is 2.72. The lowest BCUT2D eigenvalue weighted by atomic mass is 10.2. The molecule has 3 rings (SSSR count). The third-order valence-corrected chi connectivity index (χ3v) is 2.72. The van der Waals surface area contributed by atoms with E-state index in [0.29, 0.717) is 18.5 Å². The zero-order chi connectivity index (χ0) is 11.0. The van der Waals surface area contributed by atoms with Crippen molar-refractivity contribution < 1.29 is 9.47 Å². The summed E-state index contributed by atoms with van der Waals surface area (Å²) in [5.74, 6) is 2.07. The lowest BCUT2D eigenvalue weighted by Gasteiger charge is -2.25. The highest BCUT2D eigenvalue weighted by Gasteiger charge is 2.27. The van der Waals surface area contributed by atoms with Gasteiger partial charge in [-0.3, -0.25) is 4.99 Å². The Morgan fingerprint density at radius 3 is 2.75 bits per heavy atom. The van der Waals surface area contributed by atoms with Gasteiger partial charge < -0.3 is 15.2 Å². The highest BCUT2D eigenvalue weighted by molar-refractivity contribution is 5.86. The van der Waals surface area contributed by atoms with Gasteiger partial charge in [0, 0.05) is 0 Å². The number of para-hydroxylation sites is 2. The van der Waals surface area contributed by atoms with E-state index in [-0.39, 0.29) is 6.10 Å². The van der Waals surface area contributed by atoms with E-state index in [1.807, 2.05) is 24.3 Å². The van der Waals surface area contributed by atoms with Gasteiger partial charge in [0.2, 0.25) is 0 Å². The minimum Gasteiger partial charge on any atom is -0.485 e. The first-order valence-corrected chi connectivity index (χ1v) is 5.54. The van der Waals surface area contributed by atoms with Crippen LogP contribution >= 0.6 is 0 Å². The maximum Gasteiger partial charge on any atom is 0.189 e. The molecule has 1 aromatic carbocycles. The highest BCUT2D eigenvalue weighted by Crippen LogP contribution is 2.31. The molecule has 1 aliphatic carbocycles. The molecule has 1 atom stereocenters. The van der Waals surface area contributed by atoms with Gasteiger partial charge in [-0.25, -0.2) is 0 Å². The Hall–Kier alpha value is -1.71. The van der Waals surface area contributed by atoms with Crippen molar-refractivity contribution in [3.05, 3.63) is 24.3 Å². The Morgan fingerprint density at radius 1 is 1.25 bits per heavy atom. The number of nitrogens with two attached hydrogens (primary N) is 1. The minimum atomic E-state index is -0.240. The van der Waals surface area contributed by atoms with E-state index in [0.717, 1.165) is 24.3 Å². The number of nitrogens with zero attached hydrogens (tertiary/aromatic N) is 1. The third kappa shape index (κ3) is 1.83. The van der Waals surface area contributed by atoms with Crippen LogP contribution in [0.25, 0.3) is 0 Å². The standard InChI is InChI=1S/C12H14N2O2/c13-12(14-8-5-6-8)11-7-15-9-3-1-2-4-10(9)16-11/h1-4,8,11H,5-7H2,(H2,13,14). The molecular formula is C12H14N2O2. The van der Waals surface area contributed by atoms with Crippen molar-refractivity contribution >= 4 is 5.84 Å². The molecule has 1 aromatic rings. The van der Waals surface area contributed by atoms with Crippen LogP contribution in [-0.4, -0.2) is 24.6 Å². The predicted octanol–water partition coefficient (Wildman–Crippen LogP) is 1.35. The second kappa shape index (κ2) is 3.70. The zero-order valence-corrected chi connectivity index (χ0v) is 8.93. The van der Waals surface area contributed by atoms with Crippen LogP contribution in [-0.2, 0) is 0 Å². The highest BCUT2D eigenvalue weighted by atomic mass is 16.6. The largest absolute Gasteiger partial charge is 0.485 e. The average Bonchev–Trinajstić information content (AvgIpc) is 3.12. The van der Waals surface area contributed by atoms with Crippen molar-refractivity contribution in [3.63, 3.8) is 0 Å². The molecule has 1 aliphatic heterocycles. The minimum absolute atomic E-state index is 0.240. The number of ether oxygens (including phenoxy) is 2. The number of rotatable bonds is 2. The molecule has 4 heteroatoms. The molecule has 0 aromatic heterocycles. The van der Waals surface area contributed by atoms with E-state index in [4.69, 9.17) is 15.2 Å². The molecule has 1 heterocycles. The van der Waals surface area contributed by atoms with Gasteiger partial charge in [-0.15, -0.1) is 0 Å². The Labute approximate surface area is 94.1 Å². The monoisotopic (exact) mass is 218 g/mol. The fourth-order valence-corrected chi connectivity index (χ4v) is 1.66. The van der Waals surface area contributed by atoms with Crippen molar-refractivity contribution in [2.75, 3.05) is 6.61 Å². The lowest BCUT2D eigenvalue weighted by Crippen LogP contribution is -2.41. The lowest BCUT2D eigenvalue weighted by molar-refractivity contribution is 0.134. The zero-order valence-electron chi connectivity index (χ0n) is 8.93. The second-order valence-electron chi connectivity index (χ2n) is 4.15. The first-order chi connectivity index (χ1) is 7.83. The van der Waals surface area contributed by atoms with E-state index >= 15 is 0 Å². The van der Waals surface area contributed by atoms with Crippen LogP contribution in [0.5, 0.6) is 11.5 Å². The SMILES string of the molecule is NC(=NC1CC1)C1COc2ccccc2O1. The molecule has 0 saturated heterocycles. The maximum absolute atomic E-state index is 5.89. The van der Waals surface area contributed by atoms with Crippen LogP contribution in [0.1, 0.15) is 12.8 Å². The van der Waals surface area contributed by atoms with E-state index in [9.17, 15) is 0 Å². The van der Waals surface area contributed by atoms with Crippen molar-refractivity contribution in [1.29, 1.82) is 0 Å². The predicted molar refractivity (Wildman–Crippen MR) is 61.0 cm³/mol. The number of aliphatic imine (C=N–C) groups is 1. The topological polar surface area (TPSA) is 56.8 Å². The van der Waals surface area contributed by atoms with Gasteiger partial charge in [-0.05, 0) is 25.0 Å². The van der Waals surface area contributed by atoms with Crippen LogP contribution in [0.2, 0.25) is 0 Å². The van der Waals surface area contributed by atoms with Gasteiger partial charge >= 0.3 is 0 Å². The Bertz CT molecular complexity index is 427. The van der Waals surface area contributed by atoms with Crippen LogP contribution in [0.4, 0.5) is 0 Å². The second-order valence-corrected chi connectivity index (χ2v) is 4.15. The van der Waals surface area contributed by atoms with E-state index in [2.05, 4.69) is 4.99 Å². The molecule has 84 valence electrons. The normalized spacial score (nSPS) is 24.2. The van der Waals surface area contributed by atoms with Gasteiger partial charge in [0.05, 0.1) is 6.04 Å². The average molecular weight is 218 g/mol. The van der Waals surface area contributed by atoms with E-state index < -0.39 is 0 Å². The van der Waals surface area contributed by atoms with Crippen LogP contribution in [0.15, 0.2) is 29.3 Å². The number of hydrogen-bond donors (Lipinski definition) is 1. The number of amidine groups is 1. The summed E-state index contributed by atoms with van der Waals surface area (Å²) in [5, 5.41) is 0. The molecule has 1 unspecified atom stereocenters. The Kier molecular flexibility index (Phi) is 2.20. The van der Waals surface area contributed by atoms with Crippen molar-refractivity contribution in [2.24, 2.45) is 10.7 Å². The van der Waals surface area contributed by atoms with Crippen molar-refractivity contribution in [1.82, 2.24) is 0 Å². The molecule has 0 spiro atoms. The molecule has 1 fully saturated rings. The first-order valence-electron chi connectivity index (χ1n) is 5.54. The molecule has 0 bridgehead atoms. The molecule has 0 radical (unpaired) electrons. The number of hydrogen-bond acceptors (Lipinski definition) is 3. The molecule has 2 N–H and O–H groups in total. The van der Waals surface area contributed by atoms with Crippen LogP contribution < -0.4 is 15.2 Å². The Morgan fingerprint density at radius 2 is 2.00 bits per heavy atom. The molecular weight excluding hydrogens is 204 g/mol. The molecule has 16 heavy (non-hydrogen) atoms. The van der Waals surface area contributed by atoms with Crippen molar-refractivity contribution in [3.8, 4) is 11.5 Å². The summed E-state index contributed by atoms with van der Waals surface area (Å²) >= 11 is 0. The summed E-state index contributed by atoms with van der Waals surface area (Å²) in [6.45, 7) is 0.444. The van der Waals surface area contributed by atoms with Gasteiger partial charge in [-0.1, -0.05) is 12.1 Å². The summed E-state index contributed by atoms with van der Waals surface area (Å²) < 4.78 is 11.3. The summed E-state index contributed by atoms with van der Waals surface area (Å²) in [7, 11) is 0. The first kappa shape index (κ1) is 9.51. The molecule has 2 aliphatic rings. The van der Waals surface area contributed by atoms with Gasteiger partial charge in [0.25, 0.3) is 0 Å². The van der Waals surface area contributed by atoms with E-state index in [1.165, 1.54) is 0 Å². The smallest absolute Gasteiger partial charge is 0.189 e. The quantitative estimate of drug-likeness (QED) is 0.602. The molecule has 4 nitrogen and oxygen atoms in total. The number of fused-ring (bicyclic) bond motifs is 1. The van der Waals surface area contributed by atoms with Crippen molar-refractivity contribution in [2.45, 2.75) is 25.0 Å². The maximum atomic E-state index is 5.89. The van der Waals surface area contributed by atoms with Crippen LogP contribution in [0, 0.1) is 0 Å². The Balaban J connectivity index is 1.76. The molecule has 0 amide bonds. The van der Waals surface area contributed by atoms with Gasteiger partial charge in [0.15, 0.2) is 17.6 Å². The van der Waals surface area contributed by atoms with E-state index in [1.54, 1.807) is 0 Å². The fraction of sp³-hybridized carbons (Fsp3) is 0.417. The van der Waals surface area contributed by atoms with Gasteiger partial charge in [-0.2, -0.15) is 0 Å². The summed E-state index contributed by atoms with van der Waals surface area (Å²) in [5.41, 5.74) is 5.89. The number of benzene rings is 1. The summed E-state index contributed by atoms with van der Waals surface area (Å²) in [6.07, 6.45) is 2.05. The molecule has 1 saturated carbocycles. The summed E-state index contributed by atoms with van der Waals surface area (Å²) in [6, 6.07) is 8.02. The summed E-state index contributed by atoms with van der Waals surface area (Å²) in [4.78, 5) is 4.37. The fourth-order valence-electron chi connectivity index (χ4n) is 1.66.